The summed E-state index contributed by atoms with van der Waals surface area (Å²) in [5, 5.41) is 5.87. The standard InChI is InChI=1S/C16H16N2O3S/c1-10-4-3-5-11(6-10)18-13-7-12(22(2)20)8-14-15(13)16(19)17-9-21-14/h3-8,18H,9H2,1-2H3,(H,17,19). The summed E-state index contributed by atoms with van der Waals surface area (Å²) >= 11 is 0. The predicted molar refractivity (Wildman–Crippen MR) is 86.2 cm³/mol. The third kappa shape index (κ3) is 2.82. The Kier molecular flexibility index (Phi) is 3.85. The summed E-state index contributed by atoms with van der Waals surface area (Å²) in [6.07, 6.45) is 1.60. The maximum atomic E-state index is 12.1. The van der Waals surface area contributed by atoms with Crippen molar-refractivity contribution in [1.29, 1.82) is 0 Å². The molecule has 0 aromatic heterocycles. The van der Waals surface area contributed by atoms with E-state index in [1.807, 2.05) is 31.2 Å². The first-order valence-corrected chi connectivity index (χ1v) is 8.36. The summed E-state index contributed by atoms with van der Waals surface area (Å²) in [6.45, 7) is 2.11. The minimum Gasteiger partial charge on any atom is -0.472 e. The normalized spacial score (nSPS) is 14.5. The maximum Gasteiger partial charge on any atom is 0.259 e. The van der Waals surface area contributed by atoms with Crippen molar-refractivity contribution < 1.29 is 13.7 Å². The summed E-state index contributed by atoms with van der Waals surface area (Å²) in [7, 11) is -1.16. The van der Waals surface area contributed by atoms with Crippen molar-refractivity contribution in [3.63, 3.8) is 0 Å². The van der Waals surface area contributed by atoms with Crippen LogP contribution in [0.2, 0.25) is 0 Å². The van der Waals surface area contributed by atoms with Gasteiger partial charge in [-0.15, -0.1) is 0 Å². The Morgan fingerprint density at radius 1 is 1.27 bits per heavy atom. The van der Waals surface area contributed by atoms with E-state index in [0.29, 0.717) is 21.9 Å². The van der Waals surface area contributed by atoms with E-state index in [1.165, 1.54) is 0 Å². The number of rotatable bonds is 3. The Balaban J connectivity index is 2.10. The van der Waals surface area contributed by atoms with Crippen LogP contribution in [0.3, 0.4) is 0 Å². The third-order valence-electron chi connectivity index (χ3n) is 3.39. The molecule has 1 aliphatic heterocycles. The number of fused-ring (bicyclic) bond motifs is 1. The fourth-order valence-electron chi connectivity index (χ4n) is 2.35. The van der Waals surface area contributed by atoms with Crippen LogP contribution in [0.1, 0.15) is 15.9 Å². The van der Waals surface area contributed by atoms with E-state index in [2.05, 4.69) is 10.6 Å². The van der Waals surface area contributed by atoms with E-state index in [9.17, 15) is 9.00 Å². The fourth-order valence-corrected chi connectivity index (χ4v) is 2.91. The van der Waals surface area contributed by atoms with Crippen LogP contribution in [-0.4, -0.2) is 23.1 Å². The highest BCUT2D eigenvalue weighted by atomic mass is 32.2. The Morgan fingerprint density at radius 2 is 2.09 bits per heavy atom. The number of amides is 1. The molecule has 0 fully saturated rings. The van der Waals surface area contributed by atoms with Gasteiger partial charge in [-0.2, -0.15) is 0 Å². The third-order valence-corrected chi connectivity index (χ3v) is 4.29. The van der Waals surface area contributed by atoms with E-state index < -0.39 is 10.8 Å². The van der Waals surface area contributed by atoms with Gasteiger partial charge in [0.2, 0.25) is 0 Å². The van der Waals surface area contributed by atoms with Gasteiger partial charge in [-0.1, -0.05) is 12.1 Å². The number of benzene rings is 2. The molecular formula is C16H16N2O3S. The quantitative estimate of drug-likeness (QED) is 0.913. The molecule has 5 nitrogen and oxygen atoms in total. The molecule has 1 atom stereocenters. The SMILES string of the molecule is Cc1cccc(Nc2cc(S(C)=O)cc3c2C(=O)NCO3)c1. The molecule has 0 saturated heterocycles. The molecule has 0 spiro atoms. The fraction of sp³-hybridized carbons (Fsp3) is 0.188. The van der Waals surface area contributed by atoms with Crippen molar-refractivity contribution in [3.8, 4) is 5.75 Å². The Hall–Kier alpha value is -2.34. The predicted octanol–water partition coefficient (Wildman–Crippen LogP) is 2.56. The number of aryl methyl sites for hydroxylation is 1. The zero-order valence-corrected chi connectivity index (χ0v) is 13.1. The average Bonchev–Trinajstić information content (AvgIpc) is 2.47. The summed E-state index contributed by atoms with van der Waals surface area (Å²) in [5.74, 6) is 0.247. The first-order valence-electron chi connectivity index (χ1n) is 6.81. The van der Waals surface area contributed by atoms with Gasteiger partial charge in [0.15, 0.2) is 6.73 Å². The molecule has 1 amide bonds. The van der Waals surface area contributed by atoms with Crippen LogP contribution < -0.4 is 15.4 Å². The lowest BCUT2D eigenvalue weighted by atomic mass is 10.1. The number of anilines is 2. The van der Waals surface area contributed by atoms with E-state index in [-0.39, 0.29) is 12.6 Å². The number of hydrogen-bond donors (Lipinski definition) is 2. The molecule has 1 aliphatic rings. The van der Waals surface area contributed by atoms with Gasteiger partial charge in [-0.05, 0) is 36.8 Å². The Morgan fingerprint density at radius 3 is 2.82 bits per heavy atom. The molecule has 2 N–H and O–H groups in total. The first kappa shape index (κ1) is 14.6. The largest absolute Gasteiger partial charge is 0.472 e. The highest BCUT2D eigenvalue weighted by Gasteiger charge is 2.23. The van der Waals surface area contributed by atoms with Gasteiger partial charge in [0, 0.05) is 27.6 Å². The van der Waals surface area contributed by atoms with Gasteiger partial charge >= 0.3 is 0 Å². The van der Waals surface area contributed by atoms with Gasteiger partial charge in [0.05, 0.1) is 5.69 Å². The molecule has 22 heavy (non-hydrogen) atoms. The second kappa shape index (κ2) is 5.81. The lowest BCUT2D eigenvalue weighted by Gasteiger charge is -2.22. The van der Waals surface area contributed by atoms with Crippen molar-refractivity contribution in [2.75, 3.05) is 18.3 Å². The second-order valence-corrected chi connectivity index (χ2v) is 6.47. The number of carbonyl (C=O) groups is 1. The van der Waals surface area contributed by atoms with Crippen LogP contribution >= 0.6 is 0 Å². The van der Waals surface area contributed by atoms with Gasteiger partial charge in [0.25, 0.3) is 5.91 Å². The van der Waals surface area contributed by atoms with E-state index in [4.69, 9.17) is 4.74 Å². The van der Waals surface area contributed by atoms with Crippen molar-refractivity contribution in [1.82, 2.24) is 5.32 Å². The van der Waals surface area contributed by atoms with Crippen LogP contribution in [-0.2, 0) is 10.8 Å². The van der Waals surface area contributed by atoms with E-state index in [0.717, 1.165) is 11.3 Å². The summed E-state index contributed by atoms with van der Waals surface area (Å²) in [5.41, 5.74) is 2.99. The highest BCUT2D eigenvalue weighted by Crippen LogP contribution is 2.33. The zero-order chi connectivity index (χ0) is 15.7. The lowest BCUT2D eigenvalue weighted by Crippen LogP contribution is -2.33. The summed E-state index contributed by atoms with van der Waals surface area (Å²) in [4.78, 5) is 12.8. The van der Waals surface area contributed by atoms with Crippen LogP contribution in [0.4, 0.5) is 11.4 Å². The number of ether oxygens (including phenoxy) is 1. The van der Waals surface area contributed by atoms with E-state index >= 15 is 0 Å². The molecule has 0 radical (unpaired) electrons. The molecule has 114 valence electrons. The molecule has 1 heterocycles. The van der Waals surface area contributed by atoms with Crippen molar-refractivity contribution in [3.05, 3.63) is 47.5 Å². The van der Waals surface area contributed by atoms with Crippen LogP contribution in [0.5, 0.6) is 5.75 Å². The smallest absolute Gasteiger partial charge is 0.259 e. The number of hydrogen-bond acceptors (Lipinski definition) is 4. The van der Waals surface area contributed by atoms with Crippen LogP contribution in [0.15, 0.2) is 41.3 Å². The Labute approximate surface area is 131 Å². The summed E-state index contributed by atoms with van der Waals surface area (Å²) < 4.78 is 17.3. The molecule has 2 aromatic carbocycles. The first-order chi connectivity index (χ1) is 10.5. The topological polar surface area (TPSA) is 67.4 Å². The molecule has 6 heteroatoms. The van der Waals surface area contributed by atoms with Crippen molar-refractivity contribution in [2.45, 2.75) is 11.8 Å². The zero-order valence-electron chi connectivity index (χ0n) is 12.3. The van der Waals surface area contributed by atoms with Gasteiger partial charge in [0.1, 0.15) is 11.3 Å². The minimum absolute atomic E-state index is 0.121. The molecular weight excluding hydrogens is 300 g/mol. The number of nitrogens with one attached hydrogen (secondary N) is 2. The summed E-state index contributed by atoms with van der Waals surface area (Å²) in [6, 6.07) is 11.2. The molecule has 0 saturated carbocycles. The van der Waals surface area contributed by atoms with E-state index in [1.54, 1.807) is 18.4 Å². The number of carbonyl (C=O) groups excluding carboxylic acids is 1. The van der Waals surface area contributed by atoms with Gasteiger partial charge in [-0.3, -0.25) is 9.00 Å². The highest BCUT2D eigenvalue weighted by molar-refractivity contribution is 7.84. The van der Waals surface area contributed by atoms with Crippen molar-refractivity contribution in [2.24, 2.45) is 0 Å². The molecule has 3 rings (SSSR count). The minimum atomic E-state index is -1.16. The van der Waals surface area contributed by atoms with Crippen LogP contribution in [0, 0.1) is 6.92 Å². The molecule has 2 aromatic rings. The van der Waals surface area contributed by atoms with Crippen molar-refractivity contribution >= 4 is 28.1 Å². The van der Waals surface area contributed by atoms with Gasteiger partial charge < -0.3 is 15.4 Å². The molecule has 1 unspecified atom stereocenters. The maximum absolute atomic E-state index is 12.1. The second-order valence-electron chi connectivity index (χ2n) is 5.09. The monoisotopic (exact) mass is 316 g/mol. The molecule has 0 bridgehead atoms. The van der Waals surface area contributed by atoms with Gasteiger partial charge in [-0.25, -0.2) is 0 Å². The Bertz CT molecular complexity index is 774. The van der Waals surface area contributed by atoms with Crippen LogP contribution in [0.25, 0.3) is 0 Å². The average molecular weight is 316 g/mol. The lowest BCUT2D eigenvalue weighted by molar-refractivity contribution is 0.0884. The molecule has 0 aliphatic carbocycles.